The highest BCUT2D eigenvalue weighted by molar-refractivity contribution is 6.30. The number of hydrogen-bond acceptors (Lipinski definition) is 0. The maximum absolute atomic E-state index is 14.9. The van der Waals surface area contributed by atoms with Crippen LogP contribution in [0.2, 0.25) is 5.02 Å². The fourth-order valence-corrected chi connectivity index (χ4v) is 6.62. The molecule has 0 aliphatic heterocycles. The molecular formula is C31H40ClF3. The summed E-state index contributed by atoms with van der Waals surface area (Å²) in [5, 5.41) is -0.0574. The number of benzene rings is 2. The van der Waals surface area contributed by atoms with E-state index in [0.717, 1.165) is 55.1 Å². The molecule has 0 radical (unpaired) electrons. The van der Waals surface area contributed by atoms with E-state index in [2.05, 4.69) is 6.92 Å². The molecule has 0 N–H and O–H groups in total. The first-order valence-electron chi connectivity index (χ1n) is 13.9. The fraction of sp³-hybridized carbons (Fsp3) is 0.613. The van der Waals surface area contributed by atoms with E-state index in [1.165, 1.54) is 88.5 Å². The molecule has 2 aromatic carbocycles. The Hall–Kier alpha value is -1.48. The van der Waals surface area contributed by atoms with Crippen molar-refractivity contribution in [1.82, 2.24) is 0 Å². The summed E-state index contributed by atoms with van der Waals surface area (Å²) >= 11 is 5.72. The number of unbranched alkanes of at least 4 members (excludes halogenated alkanes) is 2. The third-order valence-corrected chi connectivity index (χ3v) is 9.06. The lowest BCUT2D eigenvalue weighted by Crippen LogP contribution is -2.18. The minimum Gasteiger partial charge on any atom is -0.206 e. The molecule has 2 fully saturated rings. The second kappa shape index (κ2) is 12.7. The smallest absolute Gasteiger partial charge is 0.142 e. The molecule has 2 aliphatic carbocycles. The summed E-state index contributed by atoms with van der Waals surface area (Å²) in [6, 6.07) is 6.79. The molecule has 0 heterocycles. The topological polar surface area (TPSA) is 0 Å². The van der Waals surface area contributed by atoms with E-state index in [1.807, 2.05) is 0 Å². The molecule has 0 spiro atoms. The lowest BCUT2D eigenvalue weighted by molar-refractivity contribution is 0.222. The molecule has 0 amide bonds. The second-order valence-corrected chi connectivity index (χ2v) is 11.6. The molecule has 2 aliphatic rings. The highest BCUT2D eigenvalue weighted by Crippen LogP contribution is 2.41. The first-order chi connectivity index (χ1) is 16.9. The van der Waals surface area contributed by atoms with Gasteiger partial charge in [-0.2, -0.15) is 0 Å². The van der Waals surface area contributed by atoms with Gasteiger partial charge in [0.2, 0.25) is 0 Å². The minimum atomic E-state index is -0.676. The Kier molecular flexibility index (Phi) is 9.61. The van der Waals surface area contributed by atoms with Crippen molar-refractivity contribution in [2.75, 3.05) is 0 Å². The van der Waals surface area contributed by atoms with Gasteiger partial charge in [0.1, 0.15) is 17.5 Å². The van der Waals surface area contributed by atoms with E-state index in [9.17, 15) is 13.2 Å². The van der Waals surface area contributed by atoms with Crippen LogP contribution in [0.4, 0.5) is 13.2 Å². The molecule has 192 valence electrons. The van der Waals surface area contributed by atoms with Crippen LogP contribution >= 0.6 is 11.6 Å². The van der Waals surface area contributed by atoms with E-state index in [0.29, 0.717) is 0 Å². The molecule has 0 saturated heterocycles. The van der Waals surface area contributed by atoms with Crippen LogP contribution in [0.15, 0.2) is 30.3 Å². The van der Waals surface area contributed by atoms with Crippen molar-refractivity contribution < 1.29 is 13.2 Å². The average molecular weight is 505 g/mol. The van der Waals surface area contributed by atoms with Gasteiger partial charge in [0, 0.05) is 0 Å². The molecule has 0 atom stereocenters. The number of hydrogen-bond donors (Lipinski definition) is 0. The highest BCUT2D eigenvalue weighted by atomic mass is 35.5. The third kappa shape index (κ3) is 7.06. The summed E-state index contributed by atoms with van der Waals surface area (Å²) < 4.78 is 43.6. The molecule has 4 rings (SSSR count). The van der Waals surface area contributed by atoms with Crippen LogP contribution in [-0.4, -0.2) is 0 Å². The molecule has 0 nitrogen and oxygen atoms in total. The zero-order chi connectivity index (χ0) is 24.8. The number of halogens is 4. The van der Waals surface area contributed by atoms with Gasteiger partial charge >= 0.3 is 0 Å². The van der Waals surface area contributed by atoms with E-state index < -0.39 is 17.5 Å². The molecule has 2 saturated carbocycles. The van der Waals surface area contributed by atoms with Gasteiger partial charge in [0.05, 0.1) is 10.6 Å². The minimum absolute atomic E-state index is 0.0574. The zero-order valence-corrected chi connectivity index (χ0v) is 21.9. The molecule has 4 heteroatoms. The quantitative estimate of drug-likeness (QED) is 0.298. The Labute approximate surface area is 214 Å². The normalized spacial score (nSPS) is 25.1. The van der Waals surface area contributed by atoms with Gasteiger partial charge in [-0.3, -0.25) is 0 Å². The standard InChI is InChI=1S/C31H40ClF3/c1-2-3-4-5-21-6-8-22(9-7-21)10-11-23-12-14-24(15-13-23)26-19-29(34)31(30(35)20-26)25-16-17-27(32)28(33)18-25/h16-24H,2-15H2,1H3. The van der Waals surface area contributed by atoms with Crippen LogP contribution < -0.4 is 0 Å². The molecular weight excluding hydrogens is 465 g/mol. The number of rotatable bonds is 9. The average Bonchev–Trinajstić information content (AvgIpc) is 2.86. The van der Waals surface area contributed by atoms with Crippen LogP contribution in [0.25, 0.3) is 11.1 Å². The van der Waals surface area contributed by atoms with Gasteiger partial charge in [-0.1, -0.05) is 88.8 Å². The Morgan fingerprint density at radius 3 is 1.77 bits per heavy atom. The van der Waals surface area contributed by atoms with Crippen LogP contribution in [-0.2, 0) is 0 Å². The predicted octanol–water partition coefficient (Wildman–Crippen LogP) is 10.9. The van der Waals surface area contributed by atoms with Crippen LogP contribution in [0.5, 0.6) is 0 Å². The van der Waals surface area contributed by atoms with Gasteiger partial charge in [0.25, 0.3) is 0 Å². The van der Waals surface area contributed by atoms with Crippen molar-refractivity contribution in [1.29, 1.82) is 0 Å². The van der Waals surface area contributed by atoms with Gasteiger partial charge in [-0.05, 0) is 84.7 Å². The molecule has 0 bridgehead atoms. The molecule has 0 unspecified atom stereocenters. The zero-order valence-electron chi connectivity index (χ0n) is 21.1. The Bertz CT molecular complexity index is 933. The maximum atomic E-state index is 14.9. The van der Waals surface area contributed by atoms with Gasteiger partial charge in [0.15, 0.2) is 0 Å². The van der Waals surface area contributed by atoms with Crippen LogP contribution in [0.3, 0.4) is 0 Å². The second-order valence-electron chi connectivity index (χ2n) is 11.2. The third-order valence-electron chi connectivity index (χ3n) is 8.76. The Morgan fingerprint density at radius 2 is 1.23 bits per heavy atom. The van der Waals surface area contributed by atoms with E-state index in [1.54, 1.807) is 0 Å². The summed E-state index contributed by atoms with van der Waals surface area (Å²) in [4.78, 5) is 0. The molecule has 0 aromatic heterocycles. The highest BCUT2D eigenvalue weighted by Gasteiger charge is 2.26. The van der Waals surface area contributed by atoms with Crippen LogP contribution in [0.1, 0.15) is 108 Å². The van der Waals surface area contributed by atoms with E-state index in [4.69, 9.17) is 11.6 Å². The van der Waals surface area contributed by atoms with Gasteiger partial charge in [-0.25, -0.2) is 13.2 Å². The Morgan fingerprint density at radius 1 is 0.686 bits per heavy atom. The predicted molar refractivity (Wildman–Crippen MR) is 140 cm³/mol. The fourth-order valence-electron chi connectivity index (χ4n) is 6.50. The first kappa shape index (κ1) is 26.6. The summed E-state index contributed by atoms with van der Waals surface area (Å²) in [7, 11) is 0. The SMILES string of the molecule is CCCCCC1CCC(CCC2CCC(c3cc(F)c(-c4ccc(Cl)c(F)c4)c(F)c3)CC2)CC1. The van der Waals surface area contributed by atoms with E-state index >= 15 is 0 Å². The first-order valence-corrected chi connectivity index (χ1v) is 14.3. The van der Waals surface area contributed by atoms with Gasteiger partial charge in [-0.15, -0.1) is 0 Å². The lowest BCUT2D eigenvalue weighted by Gasteiger charge is -2.32. The van der Waals surface area contributed by atoms with Crippen molar-refractivity contribution in [3.63, 3.8) is 0 Å². The van der Waals surface area contributed by atoms with Crippen molar-refractivity contribution in [2.24, 2.45) is 17.8 Å². The van der Waals surface area contributed by atoms with Crippen molar-refractivity contribution in [3.8, 4) is 11.1 Å². The maximum Gasteiger partial charge on any atom is 0.142 e. The lowest BCUT2D eigenvalue weighted by atomic mass is 9.74. The summed E-state index contributed by atoms with van der Waals surface area (Å²) in [6.07, 6.45) is 18.1. The summed E-state index contributed by atoms with van der Waals surface area (Å²) in [6.45, 7) is 2.28. The van der Waals surface area contributed by atoms with Gasteiger partial charge < -0.3 is 0 Å². The molecule has 35 heavy (non-hydrogen) atoms. The van der Waals surface area contributed by atoms with Crippen molar-refractivity contribution >= 4 is 11.6 Å². The largest absolute Gasteiger partial charge is 0.206 e. The van der Waals surface area contributed by atoms with Crippen molar-refractivity contribution in [2.45, 2.75) is 103 Å². The summed E-state index contributed by atoms with van der Waals surface area (Å²) in [5.41, 5.74) is 0.725. The van der Waals surface area contributed by atoms with Crippen LogP contribution in [0, 0.1) is 35.2 Å². The van der Waals surface area contributed by atoms with E-state index in [-0.39, 0.29) is 22.1 Å². The molecule has 2 aromatic rings. The summed E-state index contributed by atoms with van der Waals surface area (Å²) in [5.74, 6) is 0.890. The van der Waals surface area contributed by atoms with Crippen molar-refractivity contribution in [3.05, 3.63) is 58.4 Å². The monoisotopic (exact) mass is 504 g/mol. The Balaban J connectivity index is 1.25.